The molecule has 0 radical (unpaired) electrons. The molecule has 3 rings (SSSR count). The van der Waals surface area contributed by atoms with Gasteiger partial charge in [0.25, 0.3) is 11.8 Å². The number of carbonyl (C=O) groups is 6. The van der Waals surface area contributed by atoms with Crippen LogP contribution in [0.25, 0.3) is 0 Å². The normalized spacial score (nSPS) is 24.2. The van der Waals surface area contributed by atoms with Gasteiger partial charge in [0.1, 0.15) is 61.1 Å². The fraction of sp³-hybridized carbons (Fsp3) is 0.690. The predicted molar refractivity (Wildman–Crippen MR) is 290 cm³/mol. The molecule has 0 unspecified atom stereocenters. The lowest BCUT2D eigenvalue weighted by molar-refractivity contribution is -0.171. The Hall–Kier alpha value is -5.30. The maximum atomic E-state index is 14.9. The van der Waals surface area contributed by atoms with Crippen molar-refractivity contribution in [2.24, 2.45) is 23.7 Å². The third-order valence-corrected chi connectivity index (χ3v) is 13.2. The maximum absolute atomic E-state index is 14.9. The quantitative estimate of drug-likeness (QED) is 0.0777. The first kappa shape index (κ1) is 65.0. The molecule has 0 saturated carbocycles. The lowest BCUT2D eigenvalue weighted by atomic mass is 10.00. The number of hydrogen-bond donors (Lipinski definition) is 0. The Bertz CT molecular complexity index is 1950. The lowest BCUT2D eigenvalue weighted by Gasteiger charge is -2.35. The van der Waals surface area contributed by atoms with Crippen molar-refractivity contribution in [3.63, 3.8) is 0 Å². The van der Waals surface area contributed by atoms with E-state index in [2.05, 4.69) is 0 Å². The Labute approximate surface area is 453 Å². The monoisotopic (exact) mass is 1070 g/mol. The molecule has 8 atom stereocenters. The number of carbonyl (C=O) groups excluding carboxylic acids is 6. The second kappa shape index (κ2) is 32.4. The predicted octanol–water partition coefficient (Wildman–Crippen LogP) is 6.66. The number of ether oxygens (including phenoxy) is 8. The van der Waals surface area contributed by atoms with Crippen molar-refractivity contribution in [2.45, 2.75) is 156 Å². The average Bonchev–Trinajstić information content (AvgIpc) is 3.34. The van der Waals surface area contributed by atoms with Gasteiger partial charge >= 0.3 is 23.9 Å². The summed E-state index contributed by atoms with van der Waals surface area (Å²) in [6, 6.07) is 10.3. The highest BCUT2D eigenvalue weighted by Gasteiger charge is 2.41. The highest BCUT2D eigenvalue weighted by molar-refractivity contribution is 5.90. The SMILES string of the molecule is COCCOc1ccc(C[C@H]2OC(=O)[C@H](CC(C)C)N(C)C[C@@H](C)OC(=O)[C@H](CC(C)C)N(C)C(=O)[C@@H](Cc3ccc(OCCOC)cc3)OC(=O)[C@H](CC(C)C)N(C)C[C@@H](C)OC(=O)[C@H](CC(C)C)N(C)C2=O)cc1. The summed E-state index contributed by atoms with van der Waals surface area (Å²) in [5.41, 5.74) is 1.36. The molecule has 76 heavy (non-hydrogen) atoms. The van der Waals surface area contributed by atoms with E-state index in [1.807, 2.05) is 55.4 Å². The second-order valence-electron chi connectivity index (χ2n) is 22.1. The molecule has 1 heterocycles. The summed E-state index contributed by atoms with van der Waals surface area (Å²) in [4.78, 5) is 94.0. The Morgan fingerprint density at radius 2 is 0.737 bits per heavy atom. The van der Waals surface area contributed by atoms with Crippen LogP contribution in [0.5, 0.6) is 11.5 Å². The van der Waals surface area contributed by atoms with Crippen LogP contribution < -0.4 is 9.47 Å². The fourth-order valence-electron chi connectivity index (χ4n) is 9.13. The molecule has 1 saturated heterocycles. The molecule has 18 heteroatoms. The van der Waals surface area contributed by atoms with Crippen molar-refractivity contribution in [2.75, 3.05) is 81.9 Å². The Morgan fingerprint density at radius 3 is 1.03 bits per heavy atom. The molecule has 2 amide bonds. The van der Waals surface area contributed by atoms with Crippen LogP contribution in [-0.4, -0.2) is 186 Å². The van der Waals surface area contributed by atoms with E-state index in [1.165, 1.54) is 23.9 Å². The zero-order chi connectivity index (χ0) is 56.8. The van der Waals surface area contributed by atoms with Crippen molar-refractivity contribution >= 4 is 35.7 Å². The minimum atomic E-state index is -1.36. The molecule has 428 valence electrons. The zero-order valence-electron chi connectivity index (χ0n) is 48.5. The smallest absolute Gasteiger partial charge is 0.329 e. The van der Waals surface area contributed by atoms with E-state index >= 15 is 0 Å². The van der Waals surface area contributed by atoms with E-state index in [4.69, 9.17) is 37.9 Å². The van der Waals surface area contributed by atoms with Crippen molar-refractivity contribution < 1.29 is 66.7 Å². The number of methoxy groups -OCH3 is 2. The van der Waals surface area contributed by atoms with Crippen LogP contribution >= 0.6 is 0 Å². The number of nitrogens with zero attached hydrogens (tertiary/aromatic N) is 4. The molecular weight excluding hydrogens is 977 g/mol. The van der Waals surface area contributed by atoms with Crippen LogP contribution in [0.4, 0.5) is 0 Å². The summed E-state index contributed by atoms with van der Waals surface area (Å²) >= 11 is 0. The third-order valence-electron chi connectivity index (χ3n) is 13.2. The van der Waals surface area contributed by atoms with Crippen molar-refractivity contribution in [1.82, 2.24) is 19.6 Å². The summed E-state index contributed by atoms with van der Waals surface area (Å²) in [6.45, 7) is 20.7. The highest BCUT2D eigenvalue weighted by Crippen LogP contribution is 2.25. The van der Waals surface area contributed by atoms with Crippen molar-refractivity contribution in [3.05, 3.63) is 59.7 Å². The molecule has 0 aromatic heterocycles. The third kappa shape index (κ3) is 21.6. The van der Waals surface area contributed by atoms with Crippen LogP contribution in [0.15, 0.2) is 48.5 Å². The van der Waals surface area contributed by atoms with E-state index in [0.717, 1.165) is 0 Å². The molecule has 2 aromatic carbocycles. The molecule has 1 aliphatic heterocycles. The summed E-state index contributed by atoms with van der Waals surface area (Å²) in [6.07, 6.45) is -3.17. The summed E-state index contributed by atoms with van der Waals surface area (Å²) in [7, 11) is 9.66. The molecule has 1 fully saturated rings. The number of rotatable bonds is 20. The Balaban J connectivity index is 2.18. The van der Waals surface area contributed by atoms with Crippen LogP contribution in [0.1, 0.15) is 106 Å². The van der Waals surface area contributed by atoms with Crippen LogP contribution in [0.3, 0.4) is 0 Å². The first-order valence-corrected chi connectivity index (χ1v) is 27.0. The van der Waals surface area contributed by atoms with Crippen LogP contribution in [0.2, 0.25) is 0 Å². The molecule has 0 spiro atoms. The van der Waals surface area contributed by atoms with Gasteiger partial charge in [-0.3, -0.25) is 29.0 Å². The number of hydrogen-bond acceptors (Lipinski definition) is 16. The van der Waals surface area contributed by atoms with Crippen molar-refractivity contribution in [3.8, 4) is 11.5 Å². The van der Waals surface area contributed by atoms with Gasteiger partial charge in [-0.05, 0) is 113 Å². The minimum absolute atomic E-state index is 0.00310. The fourth-order valence-corrected chi connectivity index (χ4v) is 9.13. The number of cyclic esters (lactones) is 4. The summed E-state index contributed by atoms with van der Waals surface area (Å²) in [5.74, 6) is -2.77. The van der Waals surface area contributed by atoms with Gasteiger partial charge in [-0.2, -0.15) is 0 Å². The minimum Gasteiger partial charge on any atom is -0.491 e. The average molecular weight is 1070 g/mol. The molecule has 0 N–H and O–H groups in total. The standard InChI is InChI=1S/C58H92N4O14/c1-37(2)29-47-55(65)75-51(33-43-17-21-45(22-18-43)71-27-25-69-15)53(63)61(13)50(32-40(7)8)58(68)74-42(10)36-60(12)48(30-38(3)4)56(66)76-52(34-44-19-23-46(24-20-44)72-28-26-70-16)54(64)62(14)49(31-39(5)6)57(67)73-41(9)35-59(47)11/h17-24,37-42,47-52H,25-36H2,1-16H3/t41-,42-,47+,48+,49+,50+,51-,52-/m1/s1. The molecule has 0 aliphatic carbocycles. The number of likely N-dealkylation sites (N-methyl/N-ethyl adjacent to an activating group) is 4. The molecule has 2 aromatic rings. The lowest BCUT2D eigenvalue weighted by Crippen LogP contribution is -2.53. The molecule has 18 nitrogen and oxygen atoms in total. The van der Waals surface area contributed by atoms with E-state index in [0.29, 0.717) is 61.9 Å². The van der Waals surface area contributed by atoms with Gasteiger partial charge in [0.05, 0.1) is 13.2 Å². The number of benzene rings is 2. The first-order valence-electron chi connectivity index (χ1n) is 27.0. The van der Waals surface area contributed by atoms with E-state index < -0.39 is 84.3 Å². The van der Waals surface area contributed by atoms with Gasteiger partial charge in [0, 0.05) is 54.2 Å². The van der Waals surface area contributed by atoms with Gasteiger partial charge in [0.15, 0.2) is 12.2 Å². The van der Waals surface area contributed by atoms with Gasteiger partial charge in [0.2, 0.25) is 0 Å². The van der Waals surface area contributed by atoms with Gasteiger partial charge < -0.3 is 47.7 Å². The highest BCUT2D eigenvalue weighted by atomic mass is 16.6. The van der Waals surface area contributed by atoms with Gasteiger partial charge in [-0.25, -0.2) is 9.59 Å². The number of esters is 4. The van der Waals surface area contributed by atoms with E-state index in [-0.39, 0.29) is 62.4 Å². The topological polar surface area (TPSA) is 189 Å². The maximum Gasteiger partial charge on any atom is 0.329 e. The van der Waals surface area contributed by atoms with Gasteiger partial charge in [-0.1, -0.05) is 79.7 Å². The van der Waals surface area contributed by atoms with Crippen molar-refractivity contribution in [1.29, 1.82) is 0 Å². The van der Waals surface area contributed by atoms with E-state index in [1.54, 1.807) is 100 Å². The second-order valence-corrected chi connectivity index (χ2v) is 22.1. The molecule has 0 bridgehead atoms. The van der Waals surface area contributed by atoms with Crippen LogP contribution in [-0.2, 0) is 70.0 Å². The molecular formula is C58H92N4O14. The zero-order valence-corrected chi connectivity index (χ0v) is 48.5. The van der Waals surface area contributed by atoms with Gasteiger partial charge in [-0.15, -0.1) is 0 Å². The Kier molecular flexibility index (Phi) is 27.7. The first-order chi connectivity index (χ1) is 35.8. The number of amides is 2. The summed E-state index contributed by atoms with van der Waals surface area (Å²) in [5, 5.41) is 0. The Morgan fingerprint density at radius 1 is 0.447 bits per heavy atom. The van der Waals surface area contributed by atoms with E-state index in [9.17, 15) is 28.8 Å². The summed E-state index contributed by atoms with van der Waals surface area (Å²) < 4.78 is 46.6. The molecule has 1 aliphatic rings. The largest absolute Gasteiger partial charge is 0.491 e. The van der Waals surface area contributed by atoms with Crippen LogP contribution in [0, 0.1) is 23.7 Å².